The molecule has 4 heterocycles. The number of hydrogen-bond acceptors (Lipinski definition) is 6. The molecule has 0 aromatic heterocycles. The Morgan fingerprint density at radius 3 is 2.63 bits per heavy atom. The fourth-order valence-corrected chi connectivity index (χ4v) is 5.21. The van der Waals surface area contributed by atoms with Crippen LogP contribution in [0.3, 0.4) is 0 Å². The SMILES string of the molecule is C[C@H](CO)N1C(=O)[C@@H]2[C@H]3C(=O)OCCC=C[C@H]3O[C@@]23C=CCN(C(C)(C)C)C(=O)C13. The van der Waals surface area contributed by atoms with E-state index in [0.717, 1.165) is 0 Å². The van der Waals surface area contributed by atoms with Crippen LogP contribution in [0.15, 0.2) is 24.3 Å². The molecule has 0 radical (unpaired) electrons. The van der Waals surface area contributed by atoms with Crippen LogP contribution in [0.4, 0.5) is 0 Å². The lowest BCUT2D eigenvalue weighted by Crippen LogP contribution is -2.60. The number of esters is 1. The summed E-state index contributed by atoms with van der Waals surface area (Å²) >= 11 is 0. The minimum Gasteiger partial charge on any atom is -0.465 e. The summed E-state index contributed by atoms with van der Waals surface area (Å²) < 4.78 is 11.8. The van der Waals surface area contributed by atoms with Gasteiger partial charge in [-0.2, -0.15) is 0 Å². The zero-order valence-electron chi connectivity index (χ0n) is 17.9. The molecule has 8 heteroatoms. The number of aliphatic hydroxyl groups is 1. The summed E-state index contributed by atoms with van der Waals surface area (Å²) in [6.45, 7) is 7.85. The topological polar surface area (TPSA) is 96.4 Å². The van der Waals surface area contributed by atoms with Crippen molar-refractivity contribution in [2.45, 2.75) is 63.4 Å². The predicted molar refractivity (Wildman–Crippen MR) is 107 cm³/mol. The summed E-state index contributed by atoms with van der Waals surface area (Å²) in [5.41, 5.74) is -1.75. The molecule has 0 bridgehead atoms. The minimum atomic E-state index is -1.28. The molecule has 4 aliphatic rings. The van der Waals surface area contributed by atoms with E-state index in [4.69, 9.17) is 9.47 Å². The Kier molecular flexibility index (Phi) is 5.05. The predicted octanol–water partition coefficient (Wildman–Crippen LogP) is 0.648. The van der Waals surface area contributed by atoms with Gasteiger partial charge in [-0.05, 0) is 34.1 Å². The summed E-state index contributed by atoms with van der Waals surface area (Å²) in [5.74, 6) is -2.78. The van der Waals surface area contributed by atoms with Crippen LogP contribution in [0.2, 0.25) is 0 Å². The molecule has 0 aliphatic carbocycles. The van der Waals surface area contributed by atoms with Crippen LogP contribution in [0.25, 0.3) is 0 Å². The summed E-state index contributed by atoms with van der Waals surface area (Å²) in [5, 5.41) is 9.83. The normalized spacial score (nSPS) is 37.2. The van der Waals surface area contributed by atoms with Gasteiger partial charge in [0, 0.05) is 12.1 Å². The van der Waals surface area contributed by atoms with E-state index in [1.165, 1.54) is 4.90 Å². The largest absolute Gasteiger partial charge is 0.465 e. The number of aliphatic hydroxyl groups excluding tert-OH is 1. The van der Waals surface area contributed by atoms with Gasteiger partial charge in [-0.1, -0.05) is 24.3 Å². The van der Waals surface area contributed by atoms with E-state index in [9.17, 15) is 19.5 Å². The third kappa shape index (κ3) is 2.92. The van der Waals surface area contributed by atoms with E-state index >= 15 is 0 Å². The van der Waals surface area contributed by atoms with Crippen molar-refractivity contribution >= 4 is 17.8 Å². The highest BCUT2D eigenvalue weighted by atomic mass is 16.6. The Balaban J connectivity index is 1.87. The number of nitrogens with zero attached hydrogens (tertiary/aromatic N) is 2. The molecular formula is C22H30N2O6. The van der Waals surface area contributed by atoms with Crippen molar-refractivity contribution in [3.05, 3.63) is 24.3 Å². The molecular weight excluding hydrogens is 388 g/mol. The second-order valence-corrected chi connectivity index (χ2v) is 9.53. The summed E-state index contributed by atoms with van der Waals surface area (Å²) in [6.07, 6.45) is 7.28. The maximum Gasteiger partial charge on any atom is 0.312 e. The Labute approximate surface area is 176 Å². The number of cyclic esters (lactones) is 1. The van der Waals surface area contributed by atoms with Crippen molar-refractivity contribution < 1.29 is 29.0 Å². The molecule has 0 saturated carbocycles. The third-order valence-electron chi connectivity index (χ3n) is 6.61. The van der Waals surface area contributed by atoms with Gasteiger partial charge in [-0.25, -0.2) is 0 Å². The smallest absolute Gasteiger partial charge is 0.312 e. The monoisotopic (exact) mass is 418 g/mol. The molecule has 2 amide bonds. The number of likely N-dealkylation sites (tertiary alicyclic amines) is 1. The quantitative estimate of drug-likeness (QED) is 0.523. The molecule has 30 heavy (non-hydrogen) atoms. The van der Waals surface area contributed by atoms with E-state index < -0.39 is 47.1 Å². The second kappa shape index (κ2) is 7.20. The Morgan fingerprint density at radius 2 is 1.97 bits per heavy atom. The van der Waals surface area contributed by atoms with Crippen molar-refractivity contribution in [2.24, 2.45) is 11.8 Å². The number of rotatable bonds is 2. The molecule has 1 N–H and O–H groups in total. The highest BCUT2D eigenvalue weighted by Gasteiger charge is 2.72. The van der Waals surface area contributed by atoms with Gasteiger partial charge in [0.25, 0.3) is 0 Å². The fraction of sp³-hybridized carbons (Fsp3) is 0.682. The van der Waals surface area contributed by atoms with E-state index in [0.29, 0.717) is 13.0 Å². The standard InChI is InChI=1S/C22H30N2O6/c1-13(12-25)24-17-19(27)23(21(2,3)4)10-7-9-22(17)16(18(24)26)15-14(30-22)8-5-6-11-29-20(15)28/h5,7-9,13-17,25H,6,10-12H2,1-4H3/t13-,14-,15+,16+,17?,22+/m1/s1. The van der Waals surface area contributed by atoms with E-state index in [1.54, 1.807) is 17.9 Å². The van der Waals surface area contributed by atoms with Gasteiger partial charge in [-0.3, -0.25) is 14.4 Å². The lowest BCUT2D eigenvalue weighted by molar-refractivity contribution is -0.157. The van der Waals surface area contributed by atoms with Gasteiger partial charge in [0.1, 0.15) is 17.6 Å². The summed E-state index contributed by atoms with van der Waals surface area (Å²) in [6, 6.07) is -1.55. The number of carbonyl (C=O) groups excluding carboxylic acids is 3. The molecule has 2 fully saturated rings. The van der Waals surface area contributed by atoms with Crippen molar-refractivity contribution in [3.63, 3.8) is 0 Å². The average Bonchev–Trinajstić information content (AvgIpc) is 3.04. The number of amides is 2. The molecule has 4 aliphatic heterocycles. The Bertz CT molecular complexity index is 815. The maximum absolute atomic E-state index is 13.8. The maximum atomic E-state index is 13.8. The molecule has 0 aromatic rings. The number of fused-ring (bicyclic) bond motifs is 2. The van der Waals surface area contributed by atoms with Gasteiger partial charge >= 0.3 is 5.97 Å². The van der Waals surface area contributed by atoms with E-state index in [-0.39, 0.29) is 25.0 Å². The molecule has 164 valence electrons. The van der Waals surface area contributed by atoms with Crippen LogP contribution in [-0.4, -0.2) is 81.8 Å². The first kappa shape index (κ1) is 21.1. The van der Waals surface area contributed by atoms with Gasteiger partial charge < -0.3 is 24.4 Å². The van der Waals surface area contributed by atoms with Crippen LogP contribution in [0.1, 0.15) is 34.1 Å². The van der Waals surface area contributed by atoms with Crippen molar-refractivity contribution in [3.8, 4) is 0 Å². The van der Waals surface area contributed by atoms with Gasteiger partial charge in [0.15, 0.2) is 0 Å². The first-order chi connectivity index (χ1) is 14.1. The Hall–Kier alpha value is -2.19. The van der Waals surface area contributed by atoms with Crippen LogP contribution in [0, 0.1) is 11.8 Å². The zero-order chi connectivity index (χ0) is 21.8. The minimum absolute atomic E-state index is 0.240. The zero-order valence-corrected chi connectivity index (χ0v) is 17.9. The molecule has 4 rings (SSSR count). The third-order valence-corrected chi connectivity index (χ3v) is 6.61. The summed E-state index contributed by atoms with van der Waals surface area (Å²) in [4.78, 5) is 43.5. The summed E-state index contributed by atoms with van der Waals surface area (Å²) in [7, 11) is 0. The first-order valence-electron chi connectivity index (χ1n) is 10.6. The lowest BCUT2D eigenvalue weighted by atomic mass is 9.77. The first-order valence-corrected chi connectivity index (χ1v) is 10.6. The van der Waals surface area contributed by atoms with E-state index in [2.05, 4.69) is 0 Å². The molecule has 0 aromatic carbocycles. The molecule has 2 saturated heterocycles. The average molecular weight is 418 g/mol. The molecule has 1 spiro atoms. The molecule has 6 atom stereocenters. The number of carbonyl (C=O) groups is 3. The fourth-order valence-electron chi connectivity index (χ4n) is 5.21. The second-order valence-electron chi connectivity index (χ2n) is 9.53. The van der Waals surface area contributed by atoms with E-state index in [1.807, 2.05) is 39.0 Å². The lowest BCUT2D eigenvalue weighted by Gasteiger charge is -2.41. The van der Waals surface area contributed by atoms with Crippen molar-refractivity contribution in [1.82, 2.24) is 9.80 Å². The highest BCUT2D eigenvalue weighted by molar-refractivity contribution is 5.99. The van der Waals surface area contributed by atoms with Crippen LogP contribution in [-0.2, 0) is 23.9 Å². The van der Waals surface area contributed by atoms with Gasteiger partial charge in [-0.15, -0.1) is 0 Å². The molecule has 1 unspecified atom stereocenters. The number of hydrogen-bond donors (Lipinski definition) is 1. The van der Waals surface area contributed by atoms with Crippen LogP contribution >= 0.6 is 0 Å². The van der Waals surface area contributed by atoms with Crippen LogP contribution < -0.4 is 0 Å². The van der Waals surface area contributed by atoms with Crippen molar-refractivity contribution in [1.29, 1.82) is 0 Å². The molecule has 8 nitrogen and oxygen atoms in total. The van der Waals surface area contributed by atoms with Gasteiger partial charge in [0.2, 0.25) is 11.8 Å². The van der Waals surface area contributed by atoms with Crippen molar-refractivity contribution in [2.75, 3.05) is 19.8 Å². The Morgan fingerprint density at radius 1 is 1.23 bits per heavy atom. The highest BCUT2D eigenvalue weighted by Crippen LogP contribution is 2.53. The van der Waals surface area contributed by atoms with Gasteiger partial charge in [0.05, 0.1) is 31.3 Å². The number of ether oxygens (including phenoxy) is 2. The van der Waals surface area contributed by atoms with Crippen LogP contribution in [0.5, 0.6) is 0 Å².